The van der Waals surface area contributed by atoms with Crippen LogP contribution in [0.5, 0.6) is 0 Å². The molecule has 1 heterocycles. The lowest BCUT2D eigenvalue weighted by Crippen LogP contribution is -2.54. The van der Waals surface area contributed by atoms with Crippen molar-refractivity contribution in [3.8, 4) is 0 Å². The van der Waals surface area contributed by atoms with Gasteiger partial charge >= 0.3 is 0 Å². The van der Waals surface area contributed by atoms with E-state index in [2.05, 4.69) is 17.1 Å². The van der Waals surface area contributed by atoms with Gasteiger partial charge in [0.25, 0.3) is 6.43 Å². The van der Waals surface area contributed by atoms with Crippen LogP contribution in [0.2, 0.25) is 5.02 Å². The van der Waals surface area contributed by atoms with E-state index in [1.807, 2.05) is 17.9 Å². The zero-order valence-corrected chi connectivity index (χ0v) is 19.5. The van der Waals surface area contributed by atoms with E-state index in [1.165, 1.54) is 0 Å². The lowest BCUT2D eigenvalue weighted by atomic mass is 10.0. The second kappa shape index (κ2) is 11.4. The normalized spacial score (nSPS) is 20.2. The van der Waals surface area contributed by atoms with E-state index in [-0.39, 0.29) is 12.0 Å². The Morgan fingerprint density at radius 1 is 1.25 bits per heavy atom. The van der Waals surface area contributed by atoms with Gasteiger partial charge in [-0.3, -0.25) is 14.5 Å². The van der Waals surface area contributed by atoms with Crippen LogP contribution in [0, 0.1) is 12.8 Å². The topological polar surface area (TPSA) is 61.9 Å². The molecule has 2 fully saturated rings. The Morgan fingerprint density at radius 3 is 2.62 bits per heavy atom. The molecule has 1 unspecified atom stereocenters. The van der Waals surface area contributed by atoms with Gasteiger partial charge < -0.3 is 15.0 Å². The van der Waals surface area contributed by atoms with Gasteiger partial charge in [-0.2, -0.15) is 0 Å². The minimum absolute atomic E-state index is 0.141. The standard InChI is InChI=1S/C23H32ClF2N3O3/c1-15-11-28(7-8-29(15)23(31)17-5-3-4-6-17)12-18-9-19(24)10-20(16(18)2)27-22(30)14-32-13-21(25)26/h9-10,15,17,21H,3-8,11-14H2,1-2H3,(H,27,30). The average Bonchev–Trinajstić information content (AvgIpc) is 3.26. The van der Waals surface area contributed by atoms with E-state index in [9.17, 15) is 18.4 Å². The Morgan fingerprint density at radius 2 is 1.97 bits per heavy atom. The van der Waals surface area contributed by atoms with Crippen molar-refractivity contribution in [1.29, 1.82) is 0 Å². The molecule has 32 heavy (non-hydrogen) atoms. The minimum atomic E-state index is -2.61. The van der Waals surface area contributed by atoms with Crippen molar-refractivity contribution < 1.29 is 23.1 Å². The predicted octanol–water partition coefficient (Wildman–Crippen LogP) is 4.09. The molecule has 0 bridgehead atoms. The van der Waals surface area contributed by atoms with Gasteiger partial charge in [0.05, 0.1) is 0 Å². The van der Waals surface area contributed by atoms with E-state index < -0.39 is 25.5 Å². The van der Waals surface area contributed by atoms with Crippen molar-refractivity contribution in [2.24, 2.45) is 5.92 Å². The van der Waals surface area contributed by atoms with Gasteiger partial charge in [0, 0.05) is 48.8 Å². The highest BCUT2D eigenvalue weighted by Gasteiger charge is 2.33. The number of rotatable bonds is 8. The second-order valence-corrected chi connectivity index (χ2v) is 9.23. The molecule has 1 saturated heterocycles. The monoisotopic (exact) mass is 471 g/mol. The molecule has 3 rings (SSSR count). The van der Waals surface area contributed by atoms with Crippen molar-refractivity contribution in [1.82, 2.24) is 9.80 Å². The molecule has 6 nitrogen and oxygen atoms in total. The Balaban J connectivity index is 1.59. The molecule has 0 radical (unpaired) electrons. The van der Waals surface area contributed by atoms with Gasteiger partial charge in [-0.25, -0.2) is 8.78 Å². The van der Waals surface area contributed by atoms with Crippen LogP contribution in [0.3, 0.4) is 0 Å². The Hall–Kier alpha value is -1.77. The molecule has 0 spiro atoms. The fourth-order valence-electron chi connectivity index (χ4n) is 4.61. The number of ether oxygens (including phenoxy) is 1. The van der Waals surface area contributed by atoms with E-state index in [1.54, 1.807) is 6.07 Å². The summed E-state index contributed by atoms with van der Waals surface area (Å²) in [6.07, 6.45) is 1.70. The molecule has 1 atom stereocenters. The van der Waals surface area contributed by atoms with Crippen LogP contribution < -0.4 is 5.32 Å². The fraction of sp³-hybridized carbons (Fsp3) is 0.652. The van der Waals surface area contributed by atoms with Crippen LogP contribution >= 0.6 is 11.6 Å². The highest BCUT2D eigenvalue weighted by Crippen LogP contribution is 2.29. The molecule has 1 aliphatic heterocycles. The van der Waals surface area contributed by atoms with Gasteiger partial charge in [0.2, 0.25) is 11.8 Å². The maximum Gasteiger partial charge on any atom is 0.261 e. The first-order valence-electron chi connectivity index (χ1n) is 11.2. The van der Waals surface area contributed by atoms with Gasteiger partial charge in [-0.15, -0.1) is 0 Å². The summed E-state index contributed by atoms with van der Waals surface area (Å²) in [4.78, 5) is 29.2. The quantitative estimate of drug-likeness (QED) is 0.620. The zero-order chi connectivity index (χ0) is 23.3. The van der Waals surface area contributed by atoms with E-state index >= 15 is 0 Å². The summed E-state index contributed by atoms with van der Waals surface area (Å²) in [7, 11) is 0. The smallest absolute Gasteiger partial charge is 0.261 e. The number of alkyl halides is 2. The summed E-state index contributed by atoms with van der Waals surface area (Å²) >= 11 is 6.28. The summed E-state index contributed by atoms with van der Waals surface area (Å²) < 4.78 is 29.1. The van der Waals surface area contributed by atoms with Crippen molar-refractivity contribution in [3.63, 3.8) is 0 Å². The molecule has 0 aromatic heterocycles. The summed E-state index contributed by atoms with van der Waals surface area (Å²) in [5.41, 5.74) is 2.39. The number of hydrogen-bond donors (Lipinski definition) is 1. The average molecular weight is 472 g/mol. The third-order valence-electron chi connectivity index (χ3n) is 6.32. The highest BCUT2D eigenvalue weighted by atomic mass is 35.5. The molecule has 2 amide bonds. The lowest BCUT2D eigenvalue weighted by Gasteiger charge is -2.41. The number of anilines is 1. The first-order chi connectivity index (χ1) is 15.2. The van der Waals surface area contributed by atoms with Crippen LogP contribution in [0.1, 0.15) is 43.7 Å². The number of benzene rings is 1. The fourth-order valence-corrected chi connectivity index (χ4v) is 4.85. The third kappa shape index (κ3) is 6.62. The first kappa shape index (κ1) is 24.9. The molecule has 1 aliphatic carbocycles. The summed E-state index contributed by atoms with van der Waals surface area (Å²) in [6.45, 7) is 5.67. The molecular weight excluding hydrogens is 440 g/mol. The molecule has 2 aliphatic rings. The number of hydrogen-bond acceptors (Lipinski definition) is 4. The van der Waals surface area contributed by atoms with Crippen molar-refractivity contribution in [2.75, 3.05) is 38.2 Å². The van der Waals surface area contributed by atoms with Gasteiger partial charge in [-0.1, -0.05) is 24.4 Å². The summed E-state index contributed by atoms with van der Waals surface area (Å²) in [5, 5.41) is 3.18. The number of piperazine rings is 1. The van der Waals surface area contributed by atoms with Gasteiger partial charge in [0.15, 0.2) is 0 Å². The van der Waals surface area contributed by atoms with Crippen molar-refractivity contribution in [3.05, 3.63) is 28.3 Å². The van der Waals surface area contributed by atoms with Gasteiger partial charge in [-0.05, 0) is 49.9 Å². The SMILES string of the molecule is Cc1c(CN2CCN(C(=O)C3CCCC3)C(C)C2)cc(Cl)cc1NC(=O)COCC(F)F. The molecule has 1 saturated carbocycles. The summed E-state index contributed by atoms with van der Waals surface area (Å²) in [5.74, 6) is -0.0164. The van der Waals surface area contributed by atoms with E-state index in [0.717, 1.165) is 49.9 Å². The van der Waals surface area contributed by atoms with Crippen LogP contribution in [-0.4, -0.2) is 66.9 Å². The van der Waals surface area contributed by atoms with Crippen LogP contribution in [0.4, 0.5) is 14.5 Å². The lowest BCUT2D eigenvalue weighted by molar-refractivity contribution is -0.140. The Bertz CT molecular complexity index is 818. The Labute approximate surface area is 193 Å². The number of carbonyl (C=O) groups is 2. The van der Waals surface area contributed by atoms with E-state index in [4.69, 9.17) is 16.3 Å². The largest absolute Gasteiger partial charge is 0.366 e. The number of amides is 2. The number of carbonyl (C=O) groups excluding carboxylic acids is 2. The molecular formula is C23H32ClF2N3O3. The van der Waals surface area contributed by atoms with E-state index in [0.29, 0.717) is 29.7 Å². The number of halogens is 3. The third-order valence-corrected chi connectivity index (χ3v) is 6.54. The van der Waals surface area contributed by atoms with Crippen molar-refractivity contribution in [2.45, 2.75) is 58.5 Å². The molecule has 1 aromatic carbocycles. The molecule has 9 heteroatoms. The predicted molar refractivity (Wildman–Crippen MR) is 120 cm³/mol. The van der Waals surface area contributed by atoms with Gasteiger partial charge in [0.1, 0.15) is 13.2 Å². The maximum absolute atomic E-state index is 12.8. The number of nitrogens with one attached hydrogen (secondary N) is 1. The summed E-state index contributed by atoms with van der Waals surface area (Å²) in [6, 6.07) is 3.66. The minimum Gasteiger partial charge on any atom is -0.366 e. The number of nitrogens with zero attached hydrogens (tertiary/aromatic N) is 2. The molecule has 1 N–H and O–H groups in total. The molecule has 1 aromatic rings. The Kier molecular flexibility index (Phi) is 8.85. The molecule has 178 valence electrons. The second-order valence-electron chi connectivity index (χ2n) is 8.79. The highest BCUT2D eigenvalue weighted by molar-refractivity contribution is 6.31. The maximum atomic E-state index is 12.8. The van der Waals surface area contributed by atoms with Crippen LogP contribution in [-0.2, 0) is 20.9 Å². The van der Waals surface area contributed by atoms with Crippen LogP contribution in [0.25, 0.3) is 0 Å². The zero-order valence-electron chi connectivity index (χ0n) is 18.7. The first-order valence-corrected chi connectivity index (χ1v) is 11.6. The van der Waals surface area contributed by atoms with Crippen molar-refractivity contribution >= 4 is 29.1 Å². The van der Waals surface area contributed by atoms with Crippen LogP contribution in [0.15, 0.2) is 12.1 Å².